The predicted octanol–water partition coefficient (Wildman–Crippen LogP) is 2.62. The van der Waals surface area contributed by atoms with E-state index in [1.807, 2.05) is 13.0 Å². The highest BCUT2D eigenvalue weighted by Gasteiger charge is 2.06. The summed E-state index contributed by atoms with van der Waals surface area (Å²) in [6.07, 6.45) is 6.86. The molecule has 0 spiro atoms. The Kier molecular flexibility index (Phi) is 3.40. The Balaban J connectivity index is 2.16. The van der Waals surface area contributed by atoms with Gasteiger partial charge in [0.1, 0.15) is 0 Å². The zero-order valence-corrected chi connectivity index (χ0v) is 9.97. The van der Waals surface area contributed by atoms with Gasteiger partial charge >= 0.3 is 0 Å². The first-order valence-corrected chi connectivity index (χ1v) is 5.50. The van der Waals surface area contributed by atoms with E-state index in [9.17, 15) is 4.79 Å². The highest BCUT2D eigenvalue weighted by atomic mass is 16.1. The fraction of sp³-hybridized carbons (Fsp3) is 0.0667. The number of aromatic nitrogens is 1. The van der Waals surface area contributed by atoms with Crippen LogP contribution < -0.4 is 5.32 Å². The summed E-state index contributed by atoms with van der Waals surface area (Å²) < 4.78 is 0. The first kappa shape index (κ1) is 11.9. The minimum absolute atomic E-state index is 0.198. The number of rotatable bonds is 2. The van der Waals surface area contributed by atoms with Crippen molar-refractivity contribution < 1.29 is 4.79 Å². The van der Waals surface area contributed by atoms with E-state index < -0.39 is 0 Å². The molecule has 0 aliphatic heterocycles. The molecule has 0 aliphatic rings. The molecule has 0 saturated carbocycles. The van der Waals surface area contributed by atoms with Crippen molar-refractivity contribution in [3.05, 3.63) is 59.4 Å². The molecule has 1 aromatic carbocycles. The molecule has 0 saturated heterocycles. The maximum atomic E-state index is 11.9. The van der Waals surface area contributed by atoms with Gasteiger partial charge in [-0.05, 0) is 37.3 Å². The first-order chi connectivity index (χ1) is 8.69. The molecule has 1 N–H and O–H groups in total. The van der Waals surface area contributed by atoms with Crippen LogP contribution in [-0.4, -0.2) is 10.9 Å². The molecule has 3 nitrogen and oxygen atoms in total. The van der Waals surface area contributed by atoms with Crippen molar-refractivity contribution in [2.24, 2.45) is 0 Å². The smallest absolute Gasteiger partial charge is 0.257 e. The minimum atomic E-state index is -0.198. The summed E-state index contributed by atoms with van der Waals surface area (Å²) in [5, 5.41) is 2.78. The zero-order chi connectivity index (χ0) is 13.0. The summed E-state index contributed by atoms with van der Waals surface area (Å²) in [6.45, 7) is 1.87. The molecule has 0 aliphatic carbocycles. The van der Waals surface area contributed by atoms with Crippen LogP contribution >= 0.6 is 0 Å². The molecule has 2 rings (SSSR count). The quantitative estimate of drug-likeness (QED) is 0.814. The van der Waals surface area contributed by atoms with Gasteiger partial charge in [-0.3, -0.25) is 9.78 Å². The van der Waals surface area contributed by atoms with Crippen LogP contribution in [0, 0.1) is 19.3 Å². The molecule has 1 amide bonds. The Hall–Kier alpha value is -2.60. The van der Waals surface area contributed by atoms with Crippen molar-refractivity contribution in [2.45, 2.75) is 6.92 Å². The van der Waals surface area contributed by atoms with Gasteiger partial charge in [0.15, 0.2) is 0 Å². The summed E-state index contributed by atoms with van der Waals surface area (Å²) in [5.41, 5.74) is 2.80. The van der Waals surface area contributed by atoms with E-state index in [2.05, 4.69) is 16.2 Å². The normalized spacial score (nSPS) is 9.56. The van der Waals surface area contributed by atoms with Crippen molar-refractivity contribution >= 4 is 11.6 Å². The second-order valence-corrected chi connectivity index (χ2v) is 3.87. The molecule has 88 valence electrons. The summed E-state index contributed by atoms with van der Waals surface area (Å²) in [7, 11) is 0. The number of hydrogen-bond acceptors (Lipinski definition) is 2. The highest BCUT2D eigenvalue weighted by Crippen LogP contribution is 2.11. The number of carbonyl (C=O) groups is 1. The molecular formula is C15H12N2O. The van der Waals surface area contributed by atoms with E-state index >= 15 is 0 Å². The Morgan fingerprint density at radius 1 is 1.33 bits per heavy atom. The lowest BCUT2D eigenvalue weighted by Crippen LogP contribution is -2.12. The monoisotopic (exact) mass is 236 g/mol. The van der Waals surface area contributed by atoms with Gasteiger partial charge in [-0.15, -0.1) is 6.42 Å². The van der Waals surface area contributed by atoms with E-state index in [0.29, 0.717) is 11.3 Å². The van der Waals surface area contributed by atoms with Gasteiger partial charge in [-0.1, -0.05) is 12.0 Å². The molecule has 2 aromatic rings. The van der Waals surface area contributed by atoms with Crippen molar-refractivity contribution in [1.82, 2.24) is 4.98 Å². The Bertz CT molecular complexity index is 609. The maximum Gasteiger partial charge on any atom is 0.257 e. The first-order valence-electron chi connectivity index (χ1n) is 5.50. The molecule has 0 atom stereocenters. The molecule has 1 heterocycles. The van der Waals surface area contributed by atoms with Crippen LogP contribution in [-0.2, 0) is 0 Å². The van der Waals surface area contributed by atoms with Crippen LogP contribution in [0.4, 0.5) is 5.69 Å². The number of nitrogens with zero attached hydrogens (tertiary/aromatic N) is 1. The molecule has 0 fully saturated rings. The lowest BCUT2D eigenvalue weighted by molar-refractivity contribution is 0.102. The predicted molar refractivity (Wildman–Crippen MR) is 71.3 cm³/mol. The van der Waals surface area contributed by atoms with E-state index in [-0.39, 0.29) is 5.91 Å². The van der Waals surface area contributed by atoms with Crippen LogP contribution in [0.3, 0.4) is 0 Å². The number of pyridine rings is 1. The number of carbonyl (C=O) groups excluding carboxylic acids is 1. The van der Waals surface area contributed by atoms with Gasteiger partial charge in [0.05, 0.1) is 5.56 Å². The number of anilines is 1. The van der Waals surface area contributed by atoms with Crippen LogP contribution in [0.5, 0.6) is 0 Å². The van der Waals surface area contributed by atoms with Crippen molar-refractivity contribution in [2.75, 3.05) is 5.32 Å². The SMILES string of the molecule is C#Cc1cccc(NC(=O)c2ccc(C)nc2)c1. The third-order valence-electron chi connectivity index (χ3n) is 2.46. The van der Waals surface area contributed by atoms with Gasteiger partial charge in [-0.25, -0.2) is 0 Å². The number of amides is 1. The lowest BCUT2D eigenvalue weighted by Gasteiger charge is -2.05. The zero-order valence-electron chi connectivity index (χ0n) is 9.97. The minimum Gasteiger partial charge on any atom is -0.322 e. The molecule has 0 bridgehead atoms. The average Bonchev–Trinajstić information content (AvgIpc) is 2.39. The fourth-order valence-corrected chi connectivity index (χ4v) is 1.49. The van der Waals surface area contributed by atoms with E-state index in [1.165, 1.54) is 0 Å². The third-order valence-corrected chi connectivity index (χ3v) is 2.46. The second-order valence-electron chi connectivity index (χ2n) is 3.87. The molecule has 18 heavy (non-hydrogen) atoms. The van der Waals surface area contributed by atoms with Crippen LogP contribution in [0.15, 0.2) is 42.6 Å². The number of benzene rings is 1. The van der Waals surface area contributed by atoms with Gasteiger partial charge < -0.3 is 5.32 Å². The van der Waals surface area contributed by atoms with Gasteiger partial charge in [0.2, 0.25) is 0 Å². The standard InChI is InChI=1S/C15H12N2O/c1-3-12-5-4-6-14(9-12)17-15(18)13-8-7-11(2)16-10-13/h1,4-10H,2H3,(H,17,18). The summed E-state index contributed by atoms with van der Waals surface area (Å²) in [6, 6.07) is 10.7. The number of hydrogen-bond donors (Lipinski definition) is 1. The largest absolute Gasteiger partial charge is 0.322 e. The van der Waals surface area contributed by atoms with E-state index in [4.69, 9.17) is 6.42 Å². The molecule has 0 unspecified atom stereocenters. The van der Waals surface area contributed by atoms with Crippen LogP contribution in [0.2, 0.25) is 0 Å². The number of nitrogens with one attached hydrogen (secondary N) is 1. The summed E-state index contributed by atoms with van der Waals surface area (Å²) in [5.74, 6) is 2.33. The van der Waals surface area contributed by atoms with Crippen molar-refractivity contribution in [1.29, 1.82) is 0 Å². The van der Waals surface area contributed by atoms with Gasteiger partial charge in [0, 0.05) is 23.1 Å². The Morgan fingerprint density at radius 2 is 2.17 bits per heavy atom. The van der Waals surface area contributed by atoms with Crippen LogP contribution in [0.25, 0.3) is 0 Å². The molecule has 1 aromatic heterocycles. The second kappa shape index (κ2) is 5.15. The molecule has 3 heteroatoms. The maximum absolute atomic E-state index is 11.9. The number of aryl methyl sites for hydroxylation is 1. The van der Waals surface area contributed by atoms with Crippen LogP contribution in [0.1, 0.15) is 21.6 Å². The van der Waals surface area contributed by atoms with Gasteiger partial charge in [-0.2, -0.15) is 0 Å². The Labute approximate surface area is 106 Å². The lowest BCUT2D eigenvalue weighted by atomic mass is 10.2. The van der Waals surface area contributed by atoms with Crippen molar-refractivity contribution in [3.63, 3.8) is 0 Å². The third kappa shape index (κ3) is 2.74. The fourth-order valence-electron chi connectivity index (χ4n) is 1.49. The number of terminal acetylenes is 1. The summed E-state index contributed by atoms with van der Waals surface area (Å²) in [4.78, 5) is 16.0. The summed E-state index contributed by atoms with van der Waals surface area (Å²) >= 11 is 0. The molecule has 0 radical (unpaired) electrons. The van der Waals surface area contributed by atoms with E-state index in [1.54, 1.807) is 36.5 Å². The topological polar surface area (TPSA) is 42.0 Å². The van der Waals surface area contributed by atoms with E-state index in [0.717, 1.165) is 11.3 Å². The van der Waals surface area contributed by atoms with Gasteiger partial charge in [0.25, 0.3) is 5.91 Å². The highest BCUT2D eigenvalue weighted by molar-refractivity contribution is 6.04. The molecular weight excluding hydrogens is 224 g/mol. The average molecular weight is 236 g/mol. The van der Waals surface area contributed by atoms with Crippen molar-refractivity contribution in [3.8, 4) is 12.3 Å². The Morgan fingerprint density at radius 3 is 2.83 bits per heavy atom.